The molecule has 1 aromatic heterocycles. The third kappa shape index (κ3) is 4.66. The fourth-order valence-corrected chi connectivity index (χ4v) is 4.20. The number of rotatable bonds is 6. The van der Waals surface area contributed by atoms with E-state index >= 15 is 0 Å². The summed E-state index contributed by atoms with van der Waals surface area (Å²) < 4.78 is 0.920. The van der Waals surface area contributed by atoms with Crippen LogP contribution in [0.4, 0.5) is 0 Å². The molecular formula is C25H24BrN2O+. The van der Waals surface area contributed by atoms with E-state index in [4.69, 9.17) is 0 Å². The Labute approximate surface area is 179 Å². The molecule has 0 saturated heterocycles. The van der Waals surface area contributed by atoms with Crippen molar-refractivity contribution in [2.75, 3.05) is 0 Å². The molecule has 4 aromatic rings. The van der Waals surface area contributed by atoms with Crippen LogP contribution in [-0.2, 0) is 19.6 Å². The van der Waals surface area contributed by atoms with Crippen LogP contribution in [0.2, 0.25) is 0 Å². The van der Waals surface area contributed by atoms with E-state index in [1.165, 1.54) is 16.0 Å². The van der Waals surface area contributed by atoms with Crippen molar-refractivity contribution in [3.05, 3.63) is 116 Å². The first-order valence-electron chi connectivity index (χ1n) is 9.82. The predicted molar refractivity (Wildman–Crippen MR) is 122 cm³/mol. The summed E-state index contributed by atoms with van der Waals surface area (Å²) >= 11 is 3.49. The highest BCUT2D eigenvalue weighted by Gasteiger charge is 2.18. The molecule has 0 saturated carbocycles. The molecule has 0 bridgehead atoms. The third-order valence-corrected chi connectivity index (χ3v) is 5.79. The van der Waals surface area contributed by atoms with Crippen molar-refractivity contribution in [1.82, 2.24) is 4.98 Å². The summed E-state index contributed by atoms with van der Waals surface area (Å²) in [6.07, 6.45) is 0. The highest BCUT2D eigenvalue weighted by molar-refractivity contribution is 9.10. The van der Waals surface area contributed by atoms with Crippen molar-refractivity contribution >= 4 is 26.8 Å². The van der Waals surface area contributed by atoms with Gasteiger partial charge in [0.2, 0.25) is 0 Å². The molecule has 4 rings (SSSR count). The summed E-state index contributed by atoms with van der Waals surface area (Å²) in [4.78, 5) is 18.1. The number of aryl methyl sites for hydroxylation is 1. The molecule has 146 valence electrons. The molecule has 0 aliphatic carbocycles. The van der Waals surface area contributed by atoms with E-state index in [1.54, 1.807) is 0 Å². The molecule has 0 atom stereocenters. The van der Waals surface area contributed by atoms with Crippen LogP contribution in [0.3, 0.4) is 0 Å². The van der Waals surface area contributed by atoms with E-state index in [0.717, 1.165) is 39.7 Å². The van der Waals surface area contributed by atoms with Crippen molar-refractivity contribution < 1.29 is 4.90 Å². The summed E-state index contributed by atoms with van der Waals surface area (Å²) in [5.41, 5.74) is 5.36. The minimum atomic E-state index is 0.121. The summed E-state index contributed by atoms with van der Waals surface area (Å²) in [6.45, 7) is 4.41. The van der Waals surface area contributed by atoms with E-state index in [1.807, 2.05) is 37.3 Å². The maximum atomic E-state index is 13.3. The molecule has 0 fully saturated rings. The van der Waals surface area contributed by atoms with E-state index in [9.17, 15) is 4.79 Å². The summed E-state index contributed by atoms with van der Waals surface area (Å²) in [7, 11) is 0. The summed E-state index contributed by atoms with van der Waals surface area (Å²) in [5, 5.41) is 0.735. The standard InChI is InChI=1S/C25H23BrN2O/c1-18-23(25(29)22-14-21(26)12-13-24(22)27-18)17-28(15-19-8-4-2-5-9-19)16-20-10-6-3-7-11-20/h2-14H,15-17H2,1H3,(H,27,29)/p+1. The van der Waals surface area contributed by atoms with Crippen LogP contribution in [0.25, 0.3) is 10.9 Å². The quantitative estimate of drug-likeness (QED) is 0.451. The van der Waals surface area contributed by atoms with Gasteiger partial charge in [-0.3, -0.25) is 4.79 Å². The van der Waals surface area contributed by atoms with Gasteiger partial charge >= 0.3 is 0 Å². The van der Waals surface area contributed by atoms with E-state index in [2.05, 4.69) is 69.4 Å². The van der Waals surface area contributed by atoms with E-state index in [-0.39, 0.29) is 5.43 Å². The second-order valence-electron chi connectivity index (χ2n) is 7.50. The number of aromatic nitrogens is 1. The molecule has 3 aromatic carbocycles. The average Bonchev–Trinajstić information content (AvgIpc) is 2.73. The van der Waals surface area contributed by atoms with Gasteiger partial charge in [0.1, 0.15) is 19.6 Å². The maximum absolute atomic E-state index is 13.3. The molecule has 1 heterocycles. The number of quaternary nitrogens is 1. The van der Waals surface area contributed by atoms with Gasteiger partial charge in [0, 0.05) is 32.2 Å². The number of halogens is 1. The molecule has 29 heavy (non-hydrogen) atoms. The minimum absolute atomic E-state index is 0.121. The Morgan fingerprint density at radius 2 is 1.41 bits per heavy atom. The number of H-pyrrole nitrogens is 1. The zero-order valence-corrected chi connectivity index (χ0v) is 18.0. The van der Waals surface area contributed by atoms with Crippen molar-refractivity contribution in [3.63, 3.8) is 0 Å². The molecule has 0 amide bonds. The average molecular weight is 448 g/mol. The van der Waals surface area contributed by atoms with Crippen LogP contribution < -0.4 is 10.3 Å². The molecular weight excluding hydrogens is 424 g/mol. The minimum Gasteiger partial charge on any atom is -0.358 e. The lowest BCUT2D eigenvalue weighted by Crippen LogP contribution is -3.08. The smallest absolute Gasteiger partial charge is 0.198 e. The Morgan fingerprint density at radius 1 is 0.828 bits per heavy atom. The van der Waals surface area contributed by atoms with Gasteiger partial charge in [-0.15, -0.1) is 0 Å². The lowest BCUT2D eigenvalue weighted by Gasteiger charge is -2.21. The fourth-order valence-electron chi connectivity index (χ4n) is 3.84. The second kappa shape index (κ2) is 8.76. The lowest BCUT2D eigenvalue weighted by atomic mass is 10.1. The zero-order chi connectivity index (χ0) is 20.2. The van der Waals surface area contributed by atoms with Gasteiger partial charge in [-0.1, -0.05) is 76.6 Å². The van der Waals surface area contributed by atoms with Gasteiger partial charge in [0.25, 0.3) is 0 Å². The third-order valence-electron chi connectivity index (χ3n) is 5.30. The largest absolute Gasteiger partial charge is 0.358 e. The Bertz CT molecular complexity index is 1130. The Balaban J connectivity index is 1.70. The summed E-state index contributed by atoms with van der Waals surface area (Å²) in [5.74, 6) is 0. The molecule has 0 radical (unpaired) electrons. The zero-order valence-electron chi connectivity index (χ0n) is 16.4. The number of pyridine rings is 1. The van der Waals surface area contributed by atoms with Gasteiger partial charge in [-0.2, -0.15) is 0 Å². The first-order valence-corrected chi connectivity index (χ1v) is 10.6. The predicted octanol–water partition coefficient (Wildman–Crippen LogP) is 4.38. The van der Waals surface area contributed by atoms with Gasteiger partial charge in [0.05, 0.1) is 5.56 Å². The second-order valence-corrected chi connectivity index (χ2v) is 8.41. The van der Waals surface area contributed by atoms with Crippen LogP contribution in [0.15, 0.2) is 88.1 Å². The van der Waals surface area contributed by atoms with Crippen LogP contribution >= 0.6 is 15.9 Å². The molecule has 0 unspecified atom stereocenters. The lowest BCUT2D eigenvalue weighted by molar-refractivity contribution is -0.941. The van der Waals surface area contributed by atoms with Gasteiger partial charge in [-0.05, 0) is 25.1 Å². The van der Waals surface area contributed by atoms with Crippen molar-refractivity contribution in [2.24, 2.45) is 0 Å². The topological polar surface area (TPSA) is 37.3 Å². The Morgan fingerprint density at radius 3 is 2.00 bits per heavy atom. The van der Waals surface area contributed by atoms with Crippen molar-refractivity contribution in [3.8, 4) is 0 Å². The number of hydrogen-bond donors (Lipinski definition) is 2. The molecule has 4 heteroatoms. The highest BCUT2D eigenvalue weighted by Crippen LogP contribution is 2.17. The van der Waals surface area contributed by atoms with Crippen LogP contribution in [0.1, 0.15) is 22.4 Å². The van der Waals surface area contributed by atoms with E-state index in [0.29, 0.717) is 6.54 Å². The molecule has 0 aliphatic heterocycles. The summed E-state index contributed by atoms with van der Waals surface area (Å²) in [6, 6.07) is 26.8. The first-order chi connectivity index (χ1) is 14.1. The fraction of sp³-hybridized carbons (Fsp3) is 0.160. The number of hydrogen-bond acceptors (Lipinski definition) is 1. The van der Waals surface area contributed by atoms with E-state index < -0.39 is 0 Å². The monoisotopic (exact) mass is 447 g/mol. The van der Waals surface area contributed by atoms with Crippen molar-refractivity contribution in [2.45, 2.75) is 26.6 Å². The highest BCUT2D eigenvalue weighted by atomic mass is 79.9. The number of nitrogens with one attached hydrogen (secondary N) is 2. The maximum Gasteiger partial charge on any atom is 0.198 e. The first kappa shape index (κ1) is 19.6. The molecule has 0 spiro atoms. The van der Waals surface area contributed by atoms with Crippen LogP contribution in [0, 0.1) is 6.92 Å². The van der Waals surface area contributed by atoms with Gasteiger partial charge < -0.3 is 9.88 Å². The van der Waals surface area contributed by atoms with Crippen molar-refractivity contribution in [1.29, 1.82) is 0 Å². The molecule has 0 aliphatic rings. The van der Waals surface area contributed by atoms with Gasteiger partial charge in [0.15, 0.2) is 5.43 Å². The number of fused-ring (bicyclic) bond motifs is 1. The van der Waals surface area contributed by atoms with Crippen LogP contribution in [-0.4, -0.2) is 4.98 Å². The molecule has 2 N–H and O–H groups in total. The van der Waals surface area contributed by atoms with Crippen LogP contribution in [0.5, 0.6) is 0 Å². The number of aromatic amines is 1. The normalized spacial score (nSPS) is 11.3. The Kier molecular flexibility index (Phi) is 5.93. The SMILES string of the molecule is Cc1[nH]c2ccc(Br)cc2c(=O)c1C[NH+](Cc1ccccc1)Cc1ccccc1. The van der Waals surface area contributed by atoms with Gasteiger partial charge in [-0.25, -0.2) is 0 Å². The Hall–Kier alpha value is -2.69. The number of benzene rings is 3. The molecule has 3 nitrogen and oxygen atoms in total.